The Balaban J connectivity index is 1.63. The van der Waals surface area contributed by atoms with Crippen LogP contribution in [-0.2, 0) is 6.54 Å². The third-order valence-electron chi connectivity index (χ3n) is 5.20. The van der Waals surface area contributed by atoms with Gasteiger partial charge >= 0.3 is 0 Å². The fourth-order valence-electron chi connectivity index (χ4n) is 3.62. The highest BCUT2D eigenvalue weighted by Crippen LogP contribution is 2.34. The predicted molar refractivity (Wildman–Crippen MR) is 124 cm³/mol. The Morgan fingerprint density at radius 2 is 1.87 bits per heavy atom. The fraction of sp³-hybridized carbons (Fsp3) is 0.120. The topological polar surface area (TPSA) is 55.6 Å². The molecular formula is C25H20N2O3S. The van der Waals surface area contributed by atoms with E-state index in [2.05, 4.69) is 6.07 Å². The van der Waals surface area contributed by atoms with Crippen molar-refractivity contribution in [1.82, 2.24) is 4.98 Å². The first-order chi connectivity index (χ1) is 15.1. The Hall–Kier alpha value is -3.64. The number of carbonyl (C=O) groups excluding carboxylic acids is 1. The molecule has 5 rings (SSSR count). The highest BCUT2D eigenvalue weighted by Gasteiger charge is 2.25. The molecule has 3 aromatic carbocycles. The molecule has 2 heterocycles. The van der Waals surface area contributed by atoms with E-state index in [9.17, 15) is 4.79 Å². The van der Waals surface area contributed by atoms with Crippen molar-refractivity contribution in [2.75, 3.05) is 12.0 Å². The first-order valence-corrected chi connectivity index (χ1v) is 10.7. The zero-order valence-electron chi connectivity index (χ0n) is 17.2. The number of ether oxygens (including phenoxy) is 1. The Morgan fingerprint density at radius 3 is 2.61 bits per heavy atom. The average molecular weight is 429 g/mol. The largest absolute Gasteiger partial charge is 0.496 e. The Kier molecular flexibility index (Phi) is 4.92. The third kappa shape index (κ3) is 3.66. The number of nitrogens with zero attached hydrogens (tertiary/aromatic N) is 2. The van der Waals surface area contributed by atoms with Gasteiger partial charge in [0.2, 0.25) is 0 Å². The van der Waals surface area contributed by atoms with E-state index in [-0.39, 0.29) is 12.5 Å². The maximum atomic E-state index is 13.8. The van der Waals surface area contributed by atoms with E-state index >= 15 is 0 Å². The molecule has 0 atom stereocenters. The normalized spacial score (nSPS) is 11.2. The van der Waals surface area contributed by atoms with Crippen LogP contribution in [0.15, 0.2) is 77.4 Å². The minimum Gasteiger partial charge on any atom is -0.496 e. The second-order valence-electron chi connectivity index (χ2n) is 7.34. The Labute approximate surface area is 183 Å². The average Bonchev–Trinajstić information content (AvgIpc) is 3.45. The van der Waals surface area contributed by atoms with Gasteiger partial charge in [0.15, 0.2) is 5.13 Å². The standard InChI is InChI=1S/C25H20N2O3S/c1-16-9-10-21-23(12-16)31-25(26-21)27(15-19-8-5-11-30-19)24(28)20-13-17-6-3-4-7-18(17)14-22(20)29-2/h3-14H,15H2,1-2H3. The van der Waals surface area contributed by atoms with Crippen LogP contribution in [0, 0.1) is 6.92 Å². The lowest BCUT2D eigenvalue weighted by Crippen LogP contribution is -2.30. The van der Waals surface area contributed by atoms with Gasteiger partial charge in [-0.2, -0.15) is 0 Å². The van der Waals surface area contributed by atoms with Gasteiger partial charge in [0.05, 0.1) is 35.7 Å². The summed E-state index contributed by atoms with van der Waals surface area (Å²) in [5.41, 5.74) is 2.51. The van der Waals surface area contributed by atoms with Crippen LogP contribution >= 0.6 is 11.3 Å². The van der Waals surface area contributed by atoms with Crippen LogP contribution in [0.1, 0.15) is 21.7 Å². The molecular weight excluding hydrogens is 408 g/mol. The molecule has 1 amide bonds. The summed E-state index contributed by atoms with van der Waals surface area (Å²) >= 11 is 1.49. The molecule has 2 aromatic heterocycles. The summed E-state index contributed by atoms with van der Waals surface area (Å²) in [7, 11) is 1.58. The van der Waals surface area contributed by atoms with Crippen LogP contribution in [0.4, 0.5) is 5.13 Å². The second-order valence-corrected chi connectivity index (χ2v) is 8.35. The first kappa shape index (κ1) is 19.3. The molecule has 0 spiro atoms. The zero-order valence-corrected chi connectivity index (χ0v) is 18.0. The SMILES string of the molecule is COc1cc2ccccc2cc1C(=O)N(Cc1ccco1)c1nc2ccc(C)cc2s1. The van der Waals surface area contributed by atoms with Crippen LogP contribution in [0.5, 0.6) is 5.75 Å². The number of thiazole rings is 1. The van der Waals surface area contributed by atoms with Gasteiger partial charge in [0.1, 0.15) is 11.5 Å². The van der Waals surface area contributed by atoms with E-state index in [0.717, 1.165) is 26.6 Å². The highest BCUT2D eigenvalue weighted by atomic mass is 32.1. The second kappa shape index (κ2) is 7.89. The molecule has 0 unspecified atom stereocenters. The number of aromatic nitrogens is 1. The number of amides is 1. The Morgan fingerprint density at radius 1 is 1.06 bits per heavy atom. The number of hydrogen-bond donors (Lipinski definition) is 0. The van der Waals surface area contributed by atoms with Crippen molar-refractivity contribution in [3.8, 4) is 5.75 Å². The molecule has 6 heteroatoms. The maximum Gasteiger partial charge on any atom is 0.264 e. The quantitative estimate of drug-likeness (QED) is 0.334. The van der Waals surface area contributed by atoms with Gasteiger partial charge in [-0.25, -0.2) is 4.98 Å². The predicted octanol–water partition coefficient (Wildman–Crippen LogP) is 6.21. The van der Waals surface area contributed by atoms with E-state index in [0.29, 0.717) is 22.2 Å². The van der Waals surface area contributed by atoms with Crippen molar-refractivity contribution in [2.45, 2.75) is 13.5 Å². The molecule has 0 radical (unpaired) electrons. The smallest absolute Gasteiger partial charge is 0.264 e. The van der Waals surface area contributed by atoms with Gasteiger partial charge in [0.25, 0.3) is 5.91 Å². The molecule has 0 aliphatic rings. The van der Waals surface area contributed by atoms with Crippen LogP contribution in [0.2, 0.25) is 0 Å². The maximum absolute atomic E-state index is 13.8. The number of anilines is 1. The van der Waals surface area contributed by atoms with Gasteiger partial charge in [-0.1, -0.05) is 41.7 Å². The molecule has 31 heavy (non-hydrogen) atoms. The number of methoxy groups -OCH3 is 1. The van der Waals surface area contributed by atoms with E-state index < -0.39 is 0 Å². The van der Waals surface area contributed by atoms with Crippen LogP contribution in [0.25, 0.3) is 21.0 Å². The highest BCUT2D eigenvalue weighted by molar-refractivity contribution is 7.22. The number of benzene rings is 3. The lowest BCUT2D eigenvalue weighted by Gasteiger charge is -2.20. The van der Waals surface area contributed by atoms with E-state index in [4.69, 9.17) is 14.1 Å². The molecule has 0 saturated heterocycles. The van der Waals surface area contributed by atoms with Crippen molar-refractivity contribution in [1.29, 1.82) is 0 Å². The first-order valence-electron chi connectivity index (χ1n) is 9.90. The van der Waals surface area contributed by atoms with Gasteiger partial charge in [0, 0.05) is 0 Å². The van der Waals surface area contributed by atoms with Crippen molar-refractivity contribution in [3.05, 3.63) is 89.9 Å². The van der Waals surface area contributed by atoms with Crippen molar-refractivity contribution in [3.63, 3.8) is 0 Å². The molecule has 0 aliphatic heterocycles. The fourth-order valence-corrected chi connectivity index (χ4v) is 4.68. The van der Waals surface area contributed by atoms with Crippen molar-refractivity contribution in [2.24, 2.45) is 0 Å². The van der Waals surface area contributed by atoms with Crippen LogP contribution < -0.4 is 9.64 Å². The van der Waals surface area contributed by atoms with E-state index in [1.54, 1.807) is 18.3 Å². The summed E-state index contributed by atoms with van der Waals surface area (Å²) < 4.78 is 12.2. The summed E-state index contributed by atoms with van der Waals surface area (Å²) in [5, 5.41) is 2.62. The minimum absolute atomic E-state index is 0.185. The summed E-state index contributed by atoms with van der Waals surface area (Å²) in [6, 6.07) is 21.5. The number of aryl methyl sites for hydroxylation is 1. The van der Waals surface area contributed by atoms with E-state index in [1.807, 2.05) is 67.6 Å². The monoisotopic (exact) mass is 428 g/mol. The summed E-state index contributed by atoms with van der Waals surface area (Å²) in [4.78, 5) is 20.2. The van der Waals surface area contributed by atoms with Gasteiger partial charge in [-0.05, 0) is 59.7 Å². The summed E-state index contributed by atoms with van der Waals surface area (Å²) in [6.45, 7) is 2.32. The van der Waals surface area contributed by atoms with E-state index in [1.165, 1.54) is 11.3 Å². The van der Waals surface area contributed by atoms with Gasteiger partial charge in [-0.15, -0.1) is 0 Å². The molecule has 5 nitrogen and oxygen atoms in total. The lowest BCUT2D eigenvalue weighted by atomic mass is 10.0. The molecule has 0 N–H and O–H groups in total. The molecule has 5 aromatic rings. The molecule has 0 fully saturated rings. The molecule has 0 aliphatic carbocycles. The number of fused-ring (bicyclic) bond motifs is 2. The Bertz CT molecular complexity index is 1390. The zero-order chi connectivity index (χ0) is 21.4. The molecule has 0 saturated carbocycles. The third-order valence-corrected chi connectivity index (χ3v) is 6.24. The molecule has 0 bridgehead atoms. The minimum atomic E-state index is -0.185. The number of rotatable bonds is 5. The van der Waals surface area contributed by atoms with Crippen molar-refractivity contribution < 1.29 is 13.9 Å². The summed E-state index contributed by atoms with van der Waals surface area (Å²) in [5.74, 6) is 1.03. The van der Waals surface area contributed by atoms with Gasteiger partial charge < -0.3 is 9.15 Å². The van der Waals surface area contributed by atoms with Gasteiger partial charge in [-0.3, -0.25) is 9.69 Å². The number of furan rings is 1. The lowest BCUT2D eigenvalue weighted by molar-refractivity contribution is 0.0980. The number of hydrogen-bond acceptors (Lipinski definition) is 5. The van der Waals surface area contributed by atoms with Crippen LogP contribution in [0.3, 0.4) is 0 Å². The number of carbonyl (C=O) groups is 1. The van der Waals surface area contributed by atoms with Crippen LogP contribution in [-0.4, -0.2) is 18.0 Å². The molecule has 154 valence electrons. The van der Waals surface area contributed by atoms with Crippen molar-refractivity contribution >= 4 is 43.4 Å². The summed E-state index contributed by atoms with van der Waals surface area (Å²) in [6.07, 6.45) is 1.61.